The minimum Gasteiger partial charge on any atom is -0.0848 e. The van der Waals surface area contributed by atoms with Gasteiger partial charge in [-0.05, 0) is 19.3 Å². The second kappa shape index (κ2) is 2.71. The predicted molar refractivity (Wildman–Crippen MR) is 36.7 cm³/mol. The van der Waals surface area contributed by atoms with Crippen molar-refractivity contribution in [1.29, 1.82) is 0 Å². The molecular weight excluding hydrogens is 96.1 g/mol. The molecule has 0 spiro atoms. The third kappa shape index (κ3) is 1.97. The maximum absolute atomic E-state index is 2.23. The summed E-state index contributed by atoms with van der Waals surface area (Å²) in [6, 6.07) is 0. The summed E-state index contributed by atoms with van der Waals surface area (Å²) in [5.41, 5.74) is 1.61. The highest BCUT2D eigenvalue weighted by Gasteiger charge is 2.07. The van der Waals surface area contributed by atoms with Gasteiger partial charge in [-0.25, -0.2) is 0 Å². The second-order valence-corrected chi connectivity index (χ2v) is 2.16. The fourth-order valence-corrected chi connectivity index (χ4v) is 0.579. The first-order chi connectivity index (χ1) is 3.93. The monoisotopic (exact) mass is 108 g/mol. The molecule has 0 atom stereocenters. The third-order valence-electron chi connectivity index (χ3n) is 1.24. The Morgan fingerprint density at radius 3 is 2.75 bits per heavy atom. The average molecular weight is 108 g/mol. The van der Waals surface area contributed by atoms with Crippen LogP contribution in [0.5, 0.6) is 0 Å². The van der Waals surface area contributed by atoms with E-state index in [4.69, 9.17) is 0 Å². The lowest BCUT2D eigenvalue weighted by Crippen LogP contribution is -1.50. The van der Waals surface area contributed by atoms with Gasteiger partial charge in [0, 0.05) is 0 Å². The van der Waals surface area contributed by atoms with E-state index >= 15 is 0 Å². The molecule has 0 heteroatoms. The van der Waals surface area contributed by atoms with Gasteiger partial charge in [-0.1, -0.05) is 30.7 Å². The highest BCUT2D eigenvalue weighted by Crippen LogP contribution is 2.27. The van der Waals surface area contributed by atoms with Crippen LogP contribution < -0.4 is 0 Å². The first-order valence-corrected chi connectivity index (χ1v) is 3.28. The van der Waals surface area contributed by atoms with Crippen LogP contribution >= 0.6 is 0 Å². The molecule has 1 saturated carbocycles. The Kier molecular flexibility index (Phi) is 1.90. The molecule has 0 nitrogen and oxygen atoms in total. The van der Waals surface area contributed by atoms with Gasteiger partial charge in [0.25, 0.3) is 0 Å². The first kappa shape index (κ1) is 5.61. The van der Waals surface area contributed by atoms with Gasteiger partial charge in [-0.15, -0.1) is 0 Å². The molecular formula is C8H12. The molecule has 0 heterocycles. The molecule has 1 aliphatic rings. The fourth-order valence-electron chi connectivity index (χ4n) is 0.579. The van der Waals surface area contributed by atoms with Crippen LogP contribution in [0.2, 0.25) is 0 Å². The lowest BCUT2D eigenvalue weighted by atomic mass is 10.4. The van der Waals surface area contributed by atoms with E-state index in [1.807, 2.05) is 0 Å². The summed E-state index contributed by atoms with van der Waals surface area (Å²) in [6.07, 6.45) is 10.4. The summed E-state index contributed by atoms with van der Waals surface area (Å²) >= 11 is 0. The van der Waals surface area contributed by atoms with Gasteiger partial charge in [-0.3, -0.25) is 0 Å². The molecule has 0 unspecified atom stereocenters. The van der Waals surface area contributed by atoms with Gasteiger partial charge in [0.15, 0.2) is 0 Å². The molecule has 0 amide bonds. The quantitative estimate of drug-likeness (QED) is 0.510. The van der Waals surface area contributed by atoms with Gasteiger partial charge in [-0.2, -0.15) is 0 Å². The Hall–Kier alpha value is -0.520. The second-order valence-electron chi connectivity index (χ2n) is 2.16. The van der Waals surface area contributed by atoms with E-state index in [1.165, 1.54) is 12.8 Å². The molecule has 0 aromatic heterocycles. The minimum atomic E-state index is 1.16. The van der Waals surface area contributed by atoms with Crippen LogP contribution in [-0.2, 0) is 0 Å². The van der Waals surface area contributed by atoms with Crippen LogP contribution in [0.1, 0.15) is 26.2 Å². The van der Waals surface area contributed by atoms with Crippen LogP contribution in [0.15, 0.2) is 23.8 Å². The Labute approximate surface area is 50.9 Å². The normalized spacial score (nSPS) is 17.4. The summed E-state index contributed by atoms with van der Waals surface area (Å²) in [6.45, 7) is 2.15. The van der Waals surface area contributed by atoms with E-state index in [0.717, 1.165) is 6.42 Å². The average Bonchev–Trinajstić information content (AvgIpc) is 2.51. The molecule has 8 heavy (non-hydrogen) atoms. The zero-order valence-electron chi connectivity index (χ0n) is 5.35. The van der Waals surface area contributed by atoms with Gasteiger partial charge >= 0.3 is 0 Å². The van der Waals surface area contributed by atoms with E-state index in [0.29, 0.717) is 0 Å². The zero-order chi connectivity index (χ0) is 5.82. The smallest absolute Gasteiger partial charge is 0.0280 e. The van der Waals surface area contributed by atoms with Crippen LogP contribution in [-0.4, -0.2) is 0 Å². The van der Waals surface area contributed by atoms with E-state index in [-0.39, 0.29) is 0 Å². The lowest BCUT2D eigenvalue weighted by molar-refractivity contribution is 1.22. The number of allylic oxidation sites excluding steroid dienone is 4. The van der Waals surface area contributed by atoms with Crippen molar-refractivity contribution < 1.29 is 0 Å². The van der Waals surface area contributed by atoms with E-state index in [2.05, 4.69) is 25.2 Å². The Balaban J connectivity index is 2.19. The Bertz CT molecular complexity index is 112. The largest absolute Gasteiger partial charge is 0.0848 e. The van der Waals surface area contributed by atoms with Crippen LogP contribution in [0.3, 0.4) is 0 Å². The molecule has 0 N–H and O–H groups in total. The van der Waals surface area contributed by atoms with Crippen molar-refractivity contribution in [2.75, 3.05) is 0 Å². The van der Waals surface area contributed by atoms with Crippen LogP contribution in [0.4, 0.5) is 0 Å². The molecule has 0 aliphatic heterocycles. The van der Waals surface area contributed by atoms with Gasteiger partial charge in [0.2, 0.25) is 0 Å². The summed E-state index contributed by atoms with van der Waals surface area (Å²) in [5, 5.41) is 0. The maximum atomic E-state index is 2.23. The van der Waals surface area contributed by atoms with Gasteiger partial charge < -0.3 is 0 Å². The van der Waals surface area contributed by atoms with Crippen LogP contribution in [0, 0.1) is 0 Å². The molecule has 44 valence electrons. The highest BCUT2D eigenvalue weighted by atomic mass is 14.1. The SMILES string of the molecule is CCC=CC=C1CC1. The highest BCUT2D eigenvalue weighted by molar-refractivity contribution is 5.22. The standard InChI is InChI=1S/C8H12/c1-2-3-4-5-8-6-7-8/h3-5H,2,6-7H2,1H3. The zero-order valence-corrected chi connectivity index (χ0v) is 5.35. The van der Waals surface area contributed by atoms with Gasteiger partial charge in [0.1, 0.15) is 0 Å². The predicted octanol–water partition coefficient (Wildman–Crippen LogP) is 2.67. The molecule has 1 aliphatic carbocycles. The molecule has 0 radical (unpaired) electrons. The van der Waals surface area contributed by atoms with Crippen molar-refractivity contribution in [3.63, 3.8) is 0 Å². The summed E-state index contributed by atoms with van der Waals surface area (Å²) in [5.74, 6) is 0. The molecule has 0 bridgehead atoms. The van der Waals surface area contributed by atoms with E-state index in [9.17, 15) is 0 Å². The van der Waals surface area contributed by atoms with Crippen molar-refractivity contribution in [3.05, 3.63) is 23.8 Å². The van der Waals surface area contributed by atoms with Crippen molar-refractivity contribution in [2.45, 2.75) is 26.2 Å². The number of hydrogen-bond donors (Lipinski definition) is 0. The van der Waals surface area contributed by atoms with E-state index < -0.39 is 0 Å². The Morgan fingerprint density at radius 2 is 2.25 bits per heavy atom. The number of hydrogen-bond acceptors (Lipinski definition) is 0. The number of rotatable bonds is 2. The minimum absolute atomic E-state index is 1.16. The third-order valence-corrected chi connectivity index (χ3v) is 1.24. The summed E-state index contributed by atoms with van der Waals surface area (Å²) < 4.78 is 0. The van der Waals surface area contributed by atoms with Crippen molar-refractivity contribution >= 4 is 0 Å². The topological polar surface area (TPSA) is 0 Å². The first-order valence-electron chi connectivity index (χ1n) is 3.28. The molecule has 0 saturated heterocycles. The van der Waals surface area contributed by atoms with Crippen molar-refractivity contribution in [3.8, 4) is 0 Å². The van der Waals surface area contributed by atoms with Crippen molar-refractivity contribution in [2.24, 2.45) is 0 Å². The molecule has 1 fully saturated rings. The van der Waals surface area contributed by atoms with E-state index in [1.54, 1.807) is 5.57 Å². The Morgan fingerprint density at radius 1 is 1.50 bits per heavy atom. The van der Waals surface area contributed by atoms with Crippen LogP contribution in [0.25, 0.3) is 0 Å². The maximum Gasteiger partial charge on any atom is -0.0280 e. The summed E-state index contributed by atoms with van der Waals surface area (Å²) in [7, 11) is 0. The molecule has 1 rings (SSSR count). The summed E-state index contributed by atoms with van der Waals surface area (Å²) in [4.78, 5) is 0. The fraction of sp³-hybridized carbons (Fsp3) is 0.500. The van der Waals surface area contributed by atoms with Gasteiger partial charge in [0.05, 0.1) is 0 Å². The van der Waals surface area contributed by atoms with Crippen molar-refractivity contribution in [1.82, 2.24) is 0 Å². The molecule has 0 aromatic carbocycles. The molecule has 0 aromatic rings. The lowest BCUT2D eigenvalue weighted by Gasteiger charge is -1.71.